The van der Waals surface area contributed by atoms with Gasteiger partial charge in [0, 0.05) is 37.1 Å². The minimum atomic E-state index is 0.692. The maximum absolute atomic E-state index is 4.61. The van der Waals surface area contributed by atoms with E-state index in [2.05, 4.69) is 27.1 Å². The van der Waals surface area contributed by atoms with Crippen molar-refractivity contribution < 1.29 is 0 Å². The number of nitrogens with one attached hydrogen (secondary N) is 1. The first-order chi connectivity index (χ1) is 9.88. The molecule has 2 aliphatic rings. The molecule has 4 heteroatoms. The predicted octanol–water partition coefficient (Wildman–Crippen LogP) is 2.75. The highest BCUT2D eigenvalue weighted by atomic mass is 15.3. The standard InChI is InChI=1S/C16H26N4/c1-2-17-10-13-11-18-16(19-12-13)20-9-5-8-15(20)14-6-3-4-7-14/h11-12,14-15,17H,2-10H2,1H3. The Bertz CT molecular complexity index is 411. The van der Waals surface area contributed by atoms with E-state index in [1.165, 1.54) is 44.1 Å². The number of hydrogen-bond acceptors (Lipinski definition) is 4. The van der Waals surface area contributed by atoms with Gasteiger partial charge in [-0.05, 0) is 38.1 Å². The molecule has 1 saturated carbocycles. The number of anilines is 1. The third-order valence-electron chi connectivity index (χ3n) is 4.77. The van der Waals surface area contributed by atoms with Crippen LogP contribution in [-0.4, -0.2) is 29.1 Å². The van der Waals surface area contributed by atoms with Gasteiger partial charge in [-0.2, -0.15) is 0 Å². The van der Waals surface area contributed by atoms with Crippen molar-refractivity contribution in [2.75, 3.05) is 18.0 Å². The van der Waals surface area contributed by atoms with E-state index < -0.39 is 0 Å². The Morgan fingerprint density at radius 1 is 1.15 bits per heavy atom. The van der Waals surface area contributed by atoms with Crippen LogP contribution in [0.25, 0.3) is 0 Å². The van der Waals surface area contributed by atoms with Gasteiger partial charge in [0.05, 0.1) is 0 Å². The quantitative estimate of drug-likeness (QED) is 0.896. The highest BCUT2D eigenvalue weighted by Crippen LogP contribution is 2.36. The number of nitrogens with zero attached hydrogens (tertiary/aromatic N) is 3. The number of hydrogen-bond donors (Lipinski definition) is 1. The zero-order valence-electron chi connectivity index (χ0n) is 12.5. The van der Waals surface area contributed by atoms with Crippen molar-refractivity contribution in [3.8, 4) is 0 Å². The smallest absolute Gasteiger partial charge is 0.225 e. The normalized spacial score (nSPS) is 23.6. The lowest BCUT2D eigenvalue weighted by Crippen LogP contribution is -2.35. The van der Waals surface area contributed by atoms with E-state index in [1.54, 1.807) is 0 Å². The van der Waals surface area contributed by atoms with E-state index >= 15 is 0 Å². The molecule has 1 saturated heterocycles. The van der Waals surface area contributed by atoms with Crippen molar-refractivity contribution in [3.05, 3.63) is 18.0 Å². The van der Waals surface area contributed by atoms with Crippen molar-refractivity contribution in [2.24, 2.45) is 5.92 Å². The summed E-state index contributed by atoms with van der Waals surface area (Å²) in [7, 11) is 0. The third kappa shape index (κ3) is 2.95. The van der Waals surface area contributed by atoms with Gasteiger partial charge in [0.2, 0.25) is 5.95 Å². The largest absolute Gasteiger partial charge is 0.338 e. The fourth-order valence-electron chi connectivity index (χ4n) is 3.73. The van der Waals surface area contributed by atoms with Crippen molar-refractivity contribution in [1.29, 1.82) is 0 Å². The molecular formula is C16H26N4. The molecule has 1 aliphatic heterocycles. The second-order valence-corrected chi connectivity index (χ2v) is 6.12. The fourth-order valence-corrected chi connectivity index (χ4v) is 3.73. The van der Waals surface area contributed by atoms with Crippen LogP contribution in [0.4, 0.5) is 5.95 Å². The molecule has 2 fully saturated rings. The molecule has 2 heterocycles. The fraction of sp³-hybridized carbons (Fsp3) is 0.750. The Morgan fingerprint density at radius 3 is 2.60 bits per heavy atom. The molecular weight excluding hydrogens is 248 g/mol. The summed E-state index contributed by atoms with van der Waals surface area (Å²) in [5, 5.41) is 3.31. The lowest BCUT2D eigenvalue weighted by Gasteiger charge is -2.29. The zero-order chi connectivity index (χ0) is 13.8. The van der Waals surface area contributed by atoms with Gasteiger partial charge in [-0.1, -0.05) is 19.8 Å². The third-order valence-corrected chi connectivity index (χ3v) is 4.77. The lowest BCUT2D eigenvalue weighted by molar-refractivity contribution is 0.427. The first-order valence-electron chi connectivity index (χ1n) is 8.16. The summed E-state index contributed by atoms with van der Waals surface area (Å²) in [5.74, 6) is 1.82. The minimum absolute atomic E-state index is 0.692. The van der Waals surface area contributed by atoms with E-state index in [9.17, 15) is 0 Å². The van der Waals surface area contributed by atoms with Crippen molar-refractivity contribution in [1.82, 2.24) is 15.3 Å². The first kappa shape index (κ1) is 13.8. The average molecular weight is 274 g/mol. The molecule has 3 rings (SSSR count). The molecule has 1 N–H and O–H groups in total. The SMILES string of the molecule is CCNCc1cnc(N2CCCC2C2CCCC2)nc1. The minimum Gasteiger partial charge on any atom is -0.338 e. The van der Waals surface area contributed by atoms with Crippen LogP contribution in [0.5, 0.6) is 0 Å². The monoisotopic (exact) mass is 274 g/mol. The van der Waals surface area contributed by atoms with Crippen molar-refractivity contribution >= 4 is 5.95 Å². The Labute approximate surface area is 122 Å². The van der Waals surface area contributed by atoms with Gasteiger partial charge in [0.1, 0.15) is 0 Å². The molecule has 20 heavy (non-hydrogen) atoms. The van der Waals surface area contributed by atoms with Gasteiger partial charge in [0.15, 0.2) is 0 Å². The van der Waals surface area contributed by atoms with Crippen LogP contribution in [0.15, 0.2) is 12.4 Å². The highest BCUT2D eigenvalue weighted by Gasteiger charge is 2.34. The topological polar surface area (TPSA) is 41.1 Å². The van der Waals surface area contributed by atoms with Crippen LogP contribution in [0.1, 0.15) is 51.0 Å². The Morgan fingerprint density at radius 2 is 1.90 bits per heavy atom. The zero-order valence-corrected chi connectivity index (χ0v) is 12.5. The van der Waals surface area contributed by atoms with Crippen LogP contribution in [0.3, 0.4) is 0 Å². The molecule has 0 aromatic carbocycles. The molecule has 0 radical (unpaired) electrons. The highest BCUT2D eigenvalue weighted by molar-refractivity contribution is 5.34. The summed E-state index contributed by atoms with van der Waals surface area (Å²) >= 11 is 0. The molecule has 4 nitrogen and oxygen atoms in total. The molecule has 1 unspecified atom stereocenters. The van der Waals surface area contributed by atoms with Gasteiger partial charge in [0.25, 0.3) is 0 Å². The Kier molecular flexibility index (Phi) is 4.51. The van der Waals surface area contributed by atoms with Crippen LogP contribution >= 0.6 is 0 Å². The van der Waals surface area contributed by atoms with Gasteiger partial charge in [-0.25, -0.2) is 9.97 Å². The summed E-state index contributed by atoms with van der Waals surface area (Å²) in [6.07, 6.45) is 12.2. The van der Waals surface area contributed by atoms with E-state index in [0.717, 1.165) is 31.5 Å². The Balaban J connectivity index is 1.67. The van der Waals surface area contributed by atoms with E-state index in [0.29, 0.717) is 6.04 Å². The van der Waals surface area contributed by atoms with Crippen LogP contribution in [0.2, 0.25) is 0 Å². The average Bonchev–Trinajstić information content (AvgIpc) is 3.15. The first-order valence-corrected chi connectivity index (χ1v) is 8.16. The summed E-state index contributed by atoms with van der Waals surface area (Å²) in [4.78, 5) is 11.7. The lowest BCUT2D eigenvalue weighted by atomic mass is 9.96. The molecule has 0 bridgehead atoms. The molecule has 1 aliphatic carbocycles. The number of aromatic nitrogens is 2. The number of rotatable bonds is 5. The predicted molar refractivity (Wildman–Crippen MR) is 81.7 cm³/mol. The summed E-state index contributed by atoms with van der Waals surface area (Å²) in [6, 6.07) is 0.692. The molecule has 0 amide bonds. The molecule has 0 spiro atoms. The van der Waals surface area contributed by atoms with Gasteiger partial charge in [-0.15, -0.1) is 0 Å². The van der Waals surface area contributed by atoms with Crippen molar-refractivity contribution in [2.45, 2.75) is 58.0 Å². The van der Waals surface area contributed by atoms with Crippen LogP contribution in [-0.2, 0) is 6.54 Å². The van der Waals surface area contributed by atoms with E-state index in [-0.39, 0.29) is 0 Å². The second kappa shape index (κ2) is 6.53. The maximum Gasteiger partial charge on any atom is 0.225 e. The van der Waals surface area contributed by atoms with Crippen LogP contribution in [0, 0.1) is 5.92 Å². The molecule has 1 aromatic heterocycles. The summed E-state index contributed by atoms with van der Waals surface area (Å²) in [6.45, 7) is 5.10. The van der Waals surface area contributed by atoms with Crippen molar-refractivity contribution in [3.63, 3.8) is 0 Å². The van der Waals surface area contributed by atoms with E-state index in [4.69, 9.17) is 0 Å². The summed E-state index contributed by atoms with van der Waals surface area (Å²) in [5.41, 5.74) is 1.17. The van der Waals surface area contributed by atoms with Gasteiger partial charge < -0.3 is 10.2 Å². The second-order valence-electron chi connectivity index (χ2n) is 6.12. The van der Waals surface area contributed by atoms with Gasteiger partial charge in [-0.3, -0.25) is 0 Å². The summed E-state index contributed by atoms with van der Waals surface area (Å²) < 4.78 is 0. The van der Waals surface area contributed by atoms with Crippen LogP contribution < -0.4 is 10.2 Å². The molecule has 1 aromatic rings. The maximum atomic E-state index is 4.61. The Hall–Kier alpha value is -1.16. The van der Waals surface area contributed by atoms with E-state index in [1.807, 2.05) is 12.4 Å². The molecule has 110 valence electrons. The van der Waals surface area contributed by atoms with Gasteiger partial charge >= 0.3 is 0 Å². The molecule has 1 atom stereocenters.